The number of nitro groups is 2. The van der Waals surface area contributed by atoms with Crippen molar-refractivity contribution in [1.82, 2.24) is 19.1 Å². The molecule has 0 aliphatic rings. The lowest BCUT2D eigenvalue weighted by molar-refractivity contribution is -0.392. The van der Waals surface area contributed by atoms with Crippen LogP contribution >= 0.6 is 0 Å². The Kier molecular flexibility index (Phi) is 6.25. The summed E-state index contributed by atoms with van der Waals surface area (Å²) in [4.78, 5) is 28.0. The number of aryl methyl sites for hydroxylation is 2. The van der Waals surface area contributed by atoms with Crippen LogP contribution in [0.2, 0.25) is 0 Å². The zero-order valence-electron chi connectivity index (χ0n) is 14.8. The number of imidazole rings is 2. The van der Waals surface area contributed by atoms with E-state index in [9.17, 15) is 28.6 Å². The van der Waals surface area contributed by atoms with E-state index < -0.39 is 30.2 Å². The van der Waals surface area contributed by atoms with Crippen molar-refractivity contribution in [2.75, 3.05) is 0 Å². The fourth-order valence-electron chi connectivity index (χ4n) is 2.64. The second-order valence-electron chi connectivity index (χ2n) is 6.19. The lowest BCUT2D eigenvalue weighted by Crippen LogP contribution is -2.30. The minimum absolute atomic E-state index is 0.149. The highest BCUT2D eigenvalue weighted by Crippen LogP contribution is 2.20. The molecule has 2 aromatic heterocycles. The first-order chi connectivity index (χ1) is 12.6. The Bertz CT molecular complexity index is 852. The first-order valence-corrected chi connectivity index (χ1v) is 9.77. The van der Waals surface area contributed by atoms with Crippen LogP contribution in [-0.4, -0.2) is 47.9 Å². The molecule has 0 radical (unpaired) electrons. The molecule has 2 aromatic rings. The van der Waals surface area contributed by atoms with Crippen molar-refractivity contribution in [3.63, 3.8) is 0 Å². The molecule has 12 nitrogen and oxygen atoms in total. The molecule has 0 saturated carbocycles. The number of aromatic nitrogens is 4. The first kappa shape index (κ1) is 20.5. The van der Waals surface area contributed by atoms with Crippen LogP contribution in [-0.2, 0) is 22.9 Å². The molecule has 2 rings (SSSR count). The predicted molar refractivity (Wildman–Crippen MR) is 94.8 cm³/mol. The molecule has 0 fully saturated rings. The summed E-state index contributed by atoms with van der Waals surface area (Å²) in [5, 5.41) is 20.3. The van der Waals surface area contributed by atoms with Gasteiger partial charge >= 0.3 is 11.6 Å². The fraction of sp³-hybridized carbons (Fsp3) is 0.571. The Morgan fingerprint density at radius 1 is 0.926 bits per heavy atom. The van der Waals surface area contributed by atoms with Gasteiger partial charge in [-0.15, -0.1) is 0 Å². The van der Waals surface area contributed by atoms with Crippen molar-refractivity contribution in [3.8, 4) is 0 Å². The van der Waals surface area contributed by atoms with Crippen molar-refractivity contribution in [1.29, 1.82) is 0 Å². The summed E-state index contributed by atoms with van der Waals surface area (Å²) >= 11 is 0. The van der Waals surface area contributed by atoms with Crippen molar-refractivity contribution >= 4 is 21.5 Å². The smallest absolute Gasteiger partial charge is 0.342 e. The maximum Gasteiger partial charge on any atom is 0.342 e. The van der Waals surface area contributed by atoms with Crippen LogP contribution in [0.15, 0.2) is 25.0 Å². The third-order valence-corrected chi connectivity index (χ3v) is 7.14. The van der Waals surface area contributed by atoms with Gasteiger partial charge in [0.05, 0.1) is 23.6 Å². The minimum atomic E-state index is -3.52. The predicted octanol–water partition coefficient (Wildman–Crippen LogP) is 1.57. The molecule has 2 heterocycles. The van der Waals surface area contributed by atoms with Gasteiger partial charge in [0.1, 0.15) is 12.4 Å². The van der Waals surface area contributed by atoms with Crippen LogP contribution in [0.1, 0.15) is 26.7 Å². The maximum atomic E-state index is 12.7. The molecule has 0 bridgehead atoms. The monoisotopic (exact) mass is 400 g/mol. The summed E-state index contributed by atoms with van der Waals surface area (Å²) in [7, 11) is -3.52. The van der Waals surface area contributed by atoms with Gasteiger partial charge in [-0.25, -0.2) is 27.5 Å². The molecule has 0 amide bonds. The van der Waals surface area contributed by atoms with Gasteiger partial charge in [0.2, 0.25) is 0 Å². The SMILES string of the molecule is CC(CCn1cncc1[N+](=O)[O-])S(=O)(=O)C(C)CCn1cncc1[N+](=O)[O-]. The van der Waals surface area contributed by atoms with Crippen LogP contribution in [0.3, 0.4) is 0 Å². The van der Waals surface area contributed by atoms with Gasteiger partial charge in [-0.3, -0.25) is 0 Å². The molecular formula is C14H20N6O6S. The molecule has 0 spiro atoms. The van der Waals surface area contributed by atoms with E-state index in [2.05, 4.69) is 9.97 Å². The number of nitrogens with zero attached hydrogens (tertiary/aromatic N) is 6. The third kappa shape index (κ3) is 4.67. The summed E-state index contributed by atoms with van der Waals surface area (Å²) in [6.07, 6.45) is 5.18. The Labute approximate surface area is 155 Å². The van der Waals surface area contributed by atoms with Gasteiger partial charge in [0.25, 0.3) is 0 Å². The van der Waals surface area contributed by atoms with Crippen LogP contribution < -0.4 is 0 Å². The highest BCUT2D eigenvalue weighted by molar-refractivity contribution is 7.92. The molecule has 2 atom stereocenters. The van der Waals surface area contributed by atoms with Gasteiger partial charge in [-0.05, 0) is 23.7 Å². The molecule has 0 aromatic carbocycles. The highest BCUT2D eigenvalue weighted by Gasteiger charge is 2.29. The molecule has 0 saturated heterocycles. The Morgan fingerprint density at radius 2 is 1.30 bits per heavy atom. The largest absolute Gasteiger partial charge is 0.358 e. The number of rotatable bonds is 10. The standard InChI is InChI=1S/C14H20N6O6S/c1-11(3-5-17-9-15-7-13(17)19(21)22)27(25,26)12(2)4-6-18-10-16-8-14(18)20(23)24/h7-12H,3-6H2,1-2H3. The van der Waals surface area contributed by atoms with Crippen LogP contribution in [0.5, 0.6) is 0 Å². The van der Waals surface area contributed by atoms with Crippen LogP contribution in [0.25, 0.3) is 0 Å². The van der Waals surface area contributed by atoms with Gasteiger partial charge in [0.15, 0.2) is 22.5 Å². The lowest BCUT2D eigenvalue weighted by Gasteiger charge is -2.18. The number of sulfone groups is 1. The van der Waals surface area contributed by atoms with E-state index in [-0.39, 0.29) is 37.6 Å². The highest BCUT2D eigenvalue weighted by atomic mass is 32.2. The van der Waals surface area contributed by atoms with E-state index in [1.807, 2.05) is 0 Å². The molecule has 2 unspecified atom stereocenters. The normalized spacial score (nSPS) is 14.0. The van der Waals surface area contributed by atoms with E-state index in [0.29, 0.717) is 0 Å². The molecular weight excluding hydrogens is 380 g/mol. The average molecular weight is 400 g/mol. The molecule has 13 heteroatoms. The second kappa shape index (κ2) is 8.24. The lowest BCUT2D eigenvalue weighted by atomic mass is 10.3. The third-order valence-electron chi connectivity index (χ3n) is 4.43. The number of hydrogen-bond acceptors (Lipinski definition) is 8. The fourth-order valence-corrected chi connectivity index (χ4v) is 4.30. The Hall–Kier alpha value is -2.83. The maximum absolute atomic E-state index is 12.7. The van der Waals surface area contributed by atoms with Crippen LogP contribution in [0, 0.1) is 20.2 Å². The van der Waals surface area contributed by atoms with E-state index in [1.54, 1.807) is 13.8 Å². The van der Waals surface area contributed by atoms with Crippen molar-refractivity contribution in [2.45, 2.75) is 50.3 Å². The van der Waals surface area contributed by atoms with Gasteiger partial charge in [-0.2, -0.15) is 0 Å². The van der Waals surface area contributed by atoms with E-state index in [0.717, 1.165) is 12.4 Å². The van der Waals surface area contributed by atoms with Crippen LogP contribution in [0.4, 0.5) is 11.6 Å². The second-order valence-corrected chi connectivity index (χ2v) is 8.98. The average Bonchev–Trinajstić information content (AvgIpc) is 3.26. The van der Waals surface area contributed by atoms with Gasteiger partial charge in [0, 0.05) is 12.8 Å². The quantitative estimate of drug-likeness (QED) is 0.429. The molecule has 0 N–H and O–H groups in total. The Balaban J connectivity index is 1.97. The summed E-state index contributed by atoms with van der Waals surface area (Å²) in [5.74, 6) is -0.389. The summed E-state index contributed by atoms with van der Waals surface area (Å²) in [6.45, 7) is 3.40. The first-order valence-electron chi connectivity index (χ1n) is 8.16. The van der Waals surface area contributed by atoms with Crippen molar-refractivity contribution < 1.29 is 18.3 Å². The topological polar surface area (TPSA) is 156 Å². The summed E-state index contributed by atoms with van der Waals surface area (Å²) in [5.41, 5.74) is 0. The Morgan fingerprint density at radius 3 is 1.63 bits per heavy atom. The molecule has 148 valence electrons. The number of hydrogen-bond donors (Lipinski definition) is 0. The van der Waals surface area contributed by atoms with Gasteiger partial charge < -0.3 is 20.2 Å². The zero-order valence-corrected chi connectivity index (χ0v) is 15.7. The molecule has 27 heavy (non-hydrogen) atoms. The summed E-state index contributed by atoms with van der Waals surface area (Å²) in [6, 6.07) is 0. The zero-order chi connectivity index (χ0) is 20.2. The van der Waals surface area contributed by atoms with Crippen molar-refractivity contribution in [3.05, 3.63) is 45.3 Å². The van der Waals surface area contributed by atoms with Gasteiger partial charge in [-0.1, -0.05) is 0 Å². The minimum Gasteiger partial charge on any atom is -0.358 e. The van der Waals surface area contributed by atoms with E-state index >= 15 is 0 Å². The van der Waals surface area contributed by atoms with E-state index in [1.165, 1.54) is 21.8 Å². The summed E-state index contributed by atoms with van der Waals surface area (Å²) < 4.78 is 27.9. The van der Waals surface area contributed by atoms with Crippen molar-refractivity contribution in [2.24, 2.45) is 0 Å². The molecule has 0 aliphatic heterocycles. The van der Waals surface area contributed by atoms with E-state index in [4.69, 9.17) is 0 Å². The molecule has 0 aliphatic carbocycles.